The summed E-state index contributed by atoms with van der Waals surface area (Å²) in [6.07, 6.45) is 1.48. The third-order valence-corrected chi connectivity index (χ3v) is 4.66. The molecule has 2 aromatic heterocycles. The molecular formula is C13H9ClN2O2S. The number of fused-ring (bicyclic) bond motifs is 1. The molecule has 6 heteroatoms. The number of hydrogen-bond acceptors (Lipinski definition) is 3. The molecule has 0 aliphatic heterocycles. The quantitative estimate of drug-likeness (QED) is 0.682. The maximum absolute atomic E-state index is 12.5. The Morgan fingerprint density at radius 3 is 2.47 bits per heavy atom. The van der Waals surface area contributed by atoms with Crippen molar-refractivity contribution in [1.82, 2.24) is 8.96 Å². The largest absolute Gasteiger partial charge is 0.269 e. The Bertz CT molecular complexity index is 841. The lowest BCUT2D eigenvalue weighted by molar-refractivity contribution is 0.589. The van der Waals surface area contributed by atoms with Gasteiger partial charge in [-0.15, -0.1) is 0 Å². The number of halogens is 1. The van der Waals surface area contributed by atoms with Crippen LogP contribution in [0.15, 0.2) is 59.6 Å². The average Bonchev–Trinajstić information content (AvgIpc) is 2.83. The molecule has 4 nitrogen and oxygen atoms in total. The van der Waals surface area contributed by atoms with Crippen LogP contribution < -0.4 is 0 Å². The van der Waals surface area contributed by atoms with Gasteiger partial charge in [-0.25, -0.2) is 17.4 Å². The molecule has 0 fully saturated rings. The molecule has 2 heterocycles. The van der Waals surface area contributed by atoms with E-state index in [1.807, 2.05) is 0 Å². The van der Waals surface area contributed by atoms with Crippen LogP contribution in [0.5, 0.6) is 0 Å². The summed E-state index contributed by atoms with van der Waals surface area (Å²) in [5, 5.41) is 0.986. The first-order valence-electron chi connectivity index (χ1n) is 5.53. The van der Waals surface area contributed by atoms with Crippen LogP contribution in [0.1, 0.15) is 0 Å². The highest BCUT2D eigenvalue weighted by Gasteiger charge is 2.19. The number of nitrogens with zero attached hydrogens (tertiary/aromatic N) is 2. The van der Waals surface area contributed by atoms with Gasteiger partial charge in [-0.3, -0.25) is 0 Å². The van der Waals surface area contributed by atoms with Gasteiger partial charge < -0.3 is 0 Å². The topological polar surface area (TPSA) is 52.0 Å². The molecule has 3 aromatic rings. The lowest BCUT2D eigenvalue weighted by atomic mass is 10.3. The summed E-state index contributed by atoms with van der Waals surface area (Å²) in [6.45, 7) is 0. The fourth-order valence-corrected chi connectivity index (χ4v) is 3.33. The molecule has 0 aliphatic rings. The first-order chi connectivity index (χ1) is 9.09. The van der Waals surface area contributed by atoms with Crippen molar-refractivity contribution in [3.63, 3.8) is 0 Å². The summed E-state index contributed by atoms with van der Waals surface area (Å²) in [5.74, 6) is 0. The van der Waals surface area contributed by atoms with Crippen molar-refractivity contribution >= 4 is 32.7 Å². The maximum atomic E-state index is 12.5. The zero-order valence-electron chi connectivity index (χ0n) is 9.69. The van der Waals surface area contributed by atoms with E-state index in [2.05, 4.69) is 4.98 Å². The van der Waals surface area contributed by atoms with E-state index in [0.29, 0.717) is 5.65 Å². The van der Waals surface area contributed by atoms with Crippen molar-refractivity contribution in [2.45, 2.75) is 4.90 Å². The van der Waals surface area contributed by atoms with Crippen molar-refractivity contribution < 1.29 is 8.42 Å². The highest BCUT2D eigenvalue weighted by molar-refractivity contribution is 7.90. The third kappa shape index (κ3) is 2.01. The van der Waals surface area contributed by atoms with Crippen LogP contribution in [0.25, 0.3) is 11.0 Å². The summed E-state index contributed by atoms with van der Waals surface area (Å²) >= 11 is 5.82. The van der Waals surface area contributed by atoms with Crippen LogP contribution in [0.2, 0.25) is 5.15 Å². The second kappa shape index (κ2) is 4.36. The van der Waals surface area contributed by atoms with E-state index in [0.717, 1.165) is 9.36 Å². The fourth-order valence-electron chi connectivity index (χ4n) is 1.86. The molecule has 0 saturated carbocycles. The zero-order valence-corrected chi connectivity index (χ0v) is 11.3. The minimum atomic E-state index is -3.64. The Labute approximate surface area is 115 Å². The monoisotopic (exact) mass is 292 g/mol. The normalized spacial score (nSPS) is 11.8. The van der Waals surface area contributed by atoms with Gasteiger partial charge in [0.25, 0.3) is 10.0 Å². The van der Waals surface area contributed by atoms with Gasteiger partial charge in [0.2, 0.25) is 0 Å². The number of hydrogen-bond donors (Lipinski definition) is 0. The summed E-state index contributed by atoms with van der Waals surface area (Å²) in [6, 6.07) is 13.3. The smallest absolute Gasteiger partial charge is 0.224 e. The molecule has 96 valence electrons. The van der Waals surface area contributed by atoms with Gasteiger partial charge in [-0.1, -0.05) is 29.8 Å². The average molecular weight is 293 g/mol. The summed E-state index contributed by atoms with van der Waals surface area (Å²) in [5.41, 5.74) is 0.330. The Kier molecular flexibility index (Phi) is 2.80. The number of rotatable bonds is 2. The molecule has 19 heavy (non-hydrogen) atoms. The van der Waals surface area contributed by atoms with Crippen LogP contribution in [0.3, 0.4) is 0 Å². The third-order valence-electron chi connectivity index (χ3n) is 2.77. The first kappa shape index (κ1) is 12.2. The maximum Gasteiger partial charge on any atom is 0.269 e. The Morgan fingerprint density at radius 1 is 1.00 bits per heavy atom. The van der Waals surface area contributed by atoms with Crippen LogP contribution in [0.4, 0.5) is 0 Å². The molecule has 1 aromatic carbocycles. The summed E-state index contributed by atoms with van der Waals surface area (Å²) in [7, 11) is -3.64. The standard InChI is InChI=1S/C13H9ClN2O2S/c14-12-7-6-10-8-9-16(13(10)15-12)19(17,18)11-4-2-1-3-5-11/h1-9H. The Hall–Kier alpha value is -1.85. The van der Waals surface area contributed by atoms with E-state index in [9.17, 15) is 8.42 Å². The molecule has 0 aliphatic carbocycles. The van der Waals surface area contributed by atoms with Gasteiger partial charge in [0.05, 0.1) is 4.90 Å². The molecule has 0 atom stereocenters. The first-order valence-corrected chi connectivity index (χ1v) is 7.35. The van der Waals surface area contributed by atoms with E-state index in [-0.39, 0.29) is 10.0 Å². The Balaban J connectivity index is 2.28. The second-order valence-electron chi connectivity index (χ2n) is 3.98. The van der Waals surface area contributed by atoms with Gasteiger partial charge >= 0.3 is 0 Å². The number of pyridine rings is 1. The fraction of sp³-hybridized carbons (Fsp3) is 0. The van der Waals surface area contributed by atoms with Gasteiger partial charge in [-0.2, -0.15) is 0 Å². The van der Waals surface area contributed by atoms with Crippen molar-refractivity contribution in [1.29, 1.82) is 0 Å². The van der Waals surface area contributed by atoms with Crippen LogP contribution in [-0.2, 0) is 10.0 Å². The van der Waals surface area contributed by atoms with E-state index in [1.54, 1.807) is 48.5 Å². The van der Waals surface area contributed by atoms with Crippen molar-refractivity contribution in [2.24, 2.45) is 0 Å². The molecule has 0 bridgehead atoms. The lowest BCUT2D eigenvalue weighted by Gasteiger charge is -2.06. The predicted molar refractivity (Wildman–Crippen MR) is 73.8 cm³/mol. The summed E-state index contributed by atoms with van der Waals surface area (Å²) < 4.78 is 26.1. The van der Waals surface area contributed by atoms with Crippen molar-refractivity contribution in [3.05, 3.63) is 59.9 Å². The lowest BCUT2D eigenvalue weighted by Crippen LogP contribution is -2.12. The molecule has 3 rings (SSSR count). The van der Waals surface area contributed by atoms with Gasteiger partial charge in [-0.05, 0) is 30.3 Å². The van der Waals surface area contributed by atoms with E-state index in [1.165, 1.54) is 6.20 Å². The summed E-state index contributed by atoms with van der Waals surface area (Å²) in [4.78, 5) is 4.29. The van der Waals surface area contributed by atoms with Crippen molar-refractivity contribution in [3.8, 4) is 0 Å². The minimum absolute atomic E-state index is 0.217. The molecule has 0 saturated heterocycles. The van der Waals surface area contributed by atoms with Gasteiger partial charge in [0, 0.05) is 11.6 Å². The van der Waals surface area contributed by atoms with Gasteiger partial charge in [0.1, 0.15) is 5.15 Å². The zero-order chi connectivity index (χ0) is 13.5. The predicted octanol–water partition coefficient (Wildman–Crippen LogP) is 2.93. The molecule has 0 unspecified atom stereocenters. The molecule has 0 spiro atoms. The highest BCUT2D eigenvalue weighted by Crippen LogP contribution is 2.22. The van der Waals surface area contributed by atoms with Gasteiger partial charge in [0.15, 0.2) is 5.65 Å². The number of aromatic nitrogens is 2. The highest BCUT2D eigenvalue weighted by atomic mass is 35.5. The van der Waals surface area contributed by atoms with Crippen molar-refractivity contribution in [2.75, 3.05) is 0 Å². The SMILES string of the molecule is O=S(=O)(c1ccccc1)n1ccc2ccc(Cl)nc21. The Morgan fingerprint density at radius 2 is 1.74 bits per heavy atom. The van der Waals surface area contributed by atoms with Crippen LogP contribution >= 0.6 is 11.6 Å². The van der Waals surface area contributed by atoms with Crippen LogP contribution in [0, 0.1) is 0 Å². The second-order valence-corrected chi connectivity index (χ2v) is 6.18. The van der Waals surface area contributed by atoms with E-state index in [4.69, 9.17) is 11.6 Å². The van der Waals surface area contributed by atoms with E-state index < -0.39 is 10.0 Å². The van der Waals surface area contributed by atoms with E-state index >= 15 is 0 Å². The molecular weight excluding hydrogens is 284 g/mol. The van der Waals surface area contributed by atoms with Crippen LogP contribution in [-0.4, -0.2) is 17.4 Å². The molecule has 0 amide bonds. The molecule has 0 N–H and O–H groups in total. The molecule has 0 radical (unpaired) electrons. The number of benzene rings is 1. The minimum Gasteiger partial charge on any atom is -0.224 e.